The quantitative estimate of drug-likeness (QED) is 0.855. The van der Waals surface area contributed by atoms with E-state index < -0.39 is 5.41 Å². The summed E-state index contributed by atoms with van der Waals surface area (Å²) >= 11 is 3.44. The summed E-state index contributed by atoms with van der Waals surface area (Å²) in [5.74, 6) is 0.540. The maximum absolute atomic E-state index is 9.28. The van der Waals surface area contributed by atoms with E-state index in [2.05, 4.69) is 32.0 Å². The van der Waals surface area contributed by atoms with Crippen molar-refractivity contribution in [1.29, 1.82) is 5.26 Å². The van der Waals surface area contributed by atoms with Gasteiger partial charge < -0.3 is 4.74 Å². The number of aromatic nitrogens is 2. The molecule has 1 fully saturated rings. The van der Waals surface area contributed by atoms with E-state index in [1.54, 1.807) is 6.20 Å². The van der Waals surface area contributed by atoms with Crippen molar-refractivity contribution in [3.63, 3.8) is 0 Å². The monoisotopic (exact) mass is 315 g/mol. The van der Waals surface area contributed by atoms with Gasteiger partial charge in [0.2, 0.25) is 0 Å². The number of ether oxygens (including phenoxy) is 1. The first-order chi connectivity index (χ1) is 9.23. The zero-order chi connectivity index (χ0) is 13.3. The lowest BCUT2D eigenvalue weighted by Gasteiger charge is -2.33. The number of benzene rings is 1. The molecule has 1 aliphatic rings. The second-order valence-electron chi connectivity index (χ2n) is 4.46. The maximum Gasteiger partial charge on any atom is 0.163 e. The van der Waals surface area contributed by atoms with Crippen molar-refractivity contribution in [2.75, 3.05) is 13.2 Å². The molecule has 0 atom stereocenters. The van der Waals surface area contributed by atoms with Gasteiger partial charge in [0.1, 0.15) is 0 Å². The average molecular weight is 316 g/mol. The largest absolute Gasteiger partial charge is 0.377 e. The molecule has 0 unspecified atom stereocenters. The topological polar surface area (TPSA) is 58.8 Å². The summed E-state index contributed by atoms with van der Waals surface area (Å²) in [6, 6.07) is 12.0. The first kappa shape index (κ1) is 12.3. The van der Waals surface area contributed by atoms with Crippen molar-refractivity contribution in [3.05, 3.63) is 46.8 Å². The van der Waals surface area contributed by atoms with Gasteiger partial charge in [0.25, 0.3) is 0 Å². The summed E-state index contributed by atoms with van der Waals surface area (Å²) in [6.07, 6.45) is 1.69. The van der Waals surface area contributed by atoms with Crippen LogP contribution in [-0.4, -0.2) is 23.2 Å². The molecule has 1 aliphatic heterocycles. The number of hydrogen-bond acceptors (Lipinski definition) is 4. The standard InChI is InChI=1S/C14H10BrN3O/c15-11-3-1-2-10(6-11)12-4-5-17-13(18-12)14(7-16)8-19-9-14/h1-6H,8-9H2. The fraction of sp³-hybridized carbons (Fsp3) is 0.214. The van der Waals surface area contributed by atoms with E-state index in [9.17, 15) is 5.26 Å². The molecule has 3 rings (SSSR count). The third kappa shape index (κ3) is 2.14. The summed E-state index contributed by atoms with van der Waals surface area (Å²) in [5, 5.41) is 9.28. The predicted octanol–water partition coefficient (Wildman–Crippen LogP) is 2.70. The van der Waals surface area contributed by atoms with E-state index in [0.29, 0.717) is 19.0 Å². The fourth-order valence-electron chi connectivity index (χ4n) is 1.95. The van der Waals surface area contributed by atoms with Crippen molar-refractivity contribution in [3.8, 4) is 17.3 Å². The van der Waals surface area contributed by atoms with Gasteiger partial charge in [-0.25, -0.2) is 9.97 Å². The van der Waals surface area contributed by atoms with Crippen LogP contribution in [0.5, 0.6) is 0 Å². The first-order valence-electron chi connectivity index (χ1n) is 5.82. The minimum atomic E-state index is -0.679. The van der Waals surface area contributed by atoms with Crippen molar-refractivity contribution >= 4 is 15.9 Å². The van der Waals surface area contributed by atoms with Crippen LogP contribution in [-0.2, 0) is 10.2 Å². The highest BCUT2D eigenvalue weighted by molar-refractivity contribution is 9.10. The van der Waals surface area contributed by atoms with Gasteiger partial charge in [-0.05, 0) is 18.2 Å². The molecule has 0 bridgehead atoms. The molecule has 0 N–H and O–H groups in total. The van der Waals surface area contributed by atoms with Crippen LogP contribution in [0.3, 0.4) is 0 Å². The number of nitrogens with zero attached hydrogens (tertiary/aromatic N) is 3. The average Bonchev–Trinajstić information content (AvgIpc) is 2.39. The van der Waals surface area contributed by atoms with Crippen LogP contribution < -0.4 is 0 Å². The maximum atomic E-state index is 9.28. The third-order valence-corrected chi connectivity index (χ3v) is 3.61. The van der Waals surface area contributed by atoms with Gasteiger partial charge in [-0.2, -0.15) is 5.26 Å². The van der Waals surface area contributed by atoms with Gasteiger partial charge in [-0.3, -0.25) is 0 Å². The summed E-state index contributed by atoms with van der Waals surface area (Å²) in [7, 11) is 0. The van der Waals surface area contributed by atoms with Crippen molar-refractivity contribution in [1.82, 2.24) is 9.97 Å². The van der Waals surface area contributed by atoms with Crippen LogP contribution in [0.15, 0.2) is 41.0 Å². The number of hydrogen-bond donors (Lipinski definition) is 0. The summed E-state index contributed by atoms with van der Waals surface area (Å²) in [6.45, 7) is 0.733. The van der Waals surface area contributed by atoms with E-state index in [1.807, 2.05) is 30.3 Å². The Morgan fingerprint density at radius 3 is 2.79 bits per heavy atom. The molecule has 1 saturated heterocycles. The zero-order valence-electron chi connectivity index (χ0n) is 10.0. The molecular formula is C14H10BrN3O. The van der Waals surface area contributed by atoms with Gasteiger partial charge in [0, 0.05) is 16.2 Å². The number of halogens is 1. The highest BCUT2D eigenvalue weighted by atomic mass is 79.9. The molecular weight excluding hydrogens is 306 g/mol. The Morgan fingerprint density at radius 1 is 1.32 bits per heavy atom. The summed E-state index contributed by atoms with van der Waals surface area (Å²) in [4.78, 5) is 8.74. The van der Waals surface area contributed by atoms with Gasteiger partial charge >= 0.3 is 0 Å². The lowest BCUT2D eigenvalue weighted by molar-refractivity contribution is -0.0338. The molecule has 1 aromatic carbocycles. The highest BCUT2D eigenvalue weighted by Crippen LogP contribution is 2.30. The molecule has 1 aromatic heterocycles. The molecule has 0 spiro atoms. The number of rotatable bonds is 2. The Kier molecular flexibility index (Phi) is 3.05. The van der Waals surface area contributed by atoms with Crippen molar-refractivity contribution < 1.29 is 4.74 Å². The molecule has 19 heavy (non-hydrogen) atoms. The van der Waals surface area contributed by atoms with Gasteiger partial charge in [0.15, 0.2) is 11.2 Å². The SMILES string of the molecule is N#CC1(c2nccc(-c3cccc(Br)c3)n2)COC1. The van der Waals surface area contributed by atoms with Crippen molar-refractivity contribution in [2.24, 2.45) is 0 Å². The normalized spacial score (nSPS) is 16.4. The lowest BCUT2D eigenvalue weighted by Crippen LogP contribution is -2.46. The van der Waals surface area contributed by atoms with Crippen LogP contribution >= 0.6 is 15.9 Å². The molecule has 0 amide bonds. The summed E-state index contributed by atoms with van der Waals surface area (Å²) in [5.41, 5.74) is 1.13. The Labute approximate surface area is 119 Å². The van der Waals surface area contributed by atoms with Gasteiger partial charge in [-0.1, -0.05) is 28.1 Å². The Morgan fingerprint density at radius 2 is 2.16 bits per heavy atom. The van der Waals surface area contributed by atoms with Crippen molar-refractivity contribution in [2.45, 2.75) is 5.41 Å². The van der Waals surface area contributed by atoms with E-state index in [-0.39, 0.29) is 0 Å². The molecule has 0 aliphatic carbocycles. The molecule has 94 valence electrons. The second-order valence-corrected chi connectivity index (χ2v) is 5.38. The molecule has 2 heterocycles. The molecule has 0 saturated carbocycles. The van der Waals surface area contributed by atoms with Crippen LogP contribution in [0, 0.1) is 11.3 Å². The van der Waals surface area contributed by atoms with E-state index in [1.165, 1.54) is 0 Å². The van der Waals surface area contributed by atoms with Crippen LogP contribution in [0.2, 0.25) is 0 Å². The summed E-state index contributed by atoms with van der Waals surface area (Å²) < 4.78 is 6.13. The minimum absolute atomic E-state index is 0.367. The molecule has 2 aromatic rings. The minimum Gasteiger partial charge on any atom is -0.377 e. The van der Waals surface area contributed by atoms with Gasteiger partial charge in [-0.15, -0.1) is 0 Å². The van der Waals surface area contributed by atoms with Gasteiger partial charge in [0.05, 0.1) is 25.0 Å². The lowest BCUT2D eigenvalue weighted by atomic mass is 9.87. The van der Waals surface area contributed by atoms with Crippen LogP contribution in [0.25, 0.3) is 11.3 Å². The number of nitriles is 1. The Balaban J connectivity index is 2.04. The molecule has 0 radical (unpaired) electrons. The Bertz CT molecular complexity index is 662. The highest BCUT2D eigenvalue weighted by Gasteiger charge is 2.43. The fourth-order valence-corrected chi connectivity index (χ4v) is 2.35. The predicted molar refractivity (Wildman–Crippen MR) is 73.3 cm³/mol. The molecule has 4 nitrogen and oxygen atoms in total. The zero-order valence-corrected chi connectivity index (χ0v) is 11.6. The first-order valence-corrected chi connectivity index (χ1v) is 6.61. The van der Waals surface area contributed by atoms with E-state index >= 15 is 0 Å². The van der Waals surface area contributed by atoms with Crippen LogP contribution in [0.4, 0.5) is 0 Å². The van der Waals surface area contributed by atoms with Crippen LogP contribution in [0.1, 0.15) is 5.82 Å². The third-order valence-electron chi connectivity index (χ3n) is 3.11. The van der Waals surface area contributed by atoms with E-state index in [0.717, 1.165) is 15.7 Å². The smallest absolute Gasteiger partial charge is 0.163 e. The second kappa shape index (κ2) is 4.72. The molecule has 5 heteroatoms. The Hall–Kier alpha value is -1.77. The van der Waals surface area contributed by atoms with E-state index in [4.69, 9.17) is 4.74 Å².